The lowest BCUT2D eigenvalue weighted by molar-refractivity contribution is 0.271. The summed E-state index contributed by atoms with van der Waals surface area (Å²) in [7, 11) is 1.94. The molecule has 2 rings (SSSR count). The summed E-state index contributed by atoms with van der Waals surface area (Å²) in [5.74, 6) is 1.05. The molecule has 1 heterocycles. The van der Waals surface area contributed by atoms with E-state index in [2.05, 4.69) is 29.2 Å². The van der Waals surface area contributed by atoms with Crippen LogP contribution in [0, 0.1) is 0 Å². The summed E-state index contributed by atoms with van der Waals surface area (Å²) in [6.45, 7) is 0.0497. The van der Waals surface area contributed by atoms with Crippen molar-refractivity contribution in [2.75, 3.05) is 5.75 Å². The van der Waals surface area contributed by atoms with E-state index in [1.54, 1.807) is 18.0 Å². The third-order valence-electron chi connectivity index (χ3n) is 2.89. The van der Waals surface area contributed by atoms with Crippen LogP contribution in [-0.4, -0.2) is 20.4 Å². The first-order valence-corrected chi connectivity index (χ1v) is 7.08. The van der Waals surface area contributed by atoms with Crippen LogP contribution in [0.5, 0.6) is 0 Å². The van der Waals surface area contributed by atoms with Gasteiger partial charge in [0, 0.05) is 12.8 Å². The molecule has 18 heavy (non-hydrogen) atoms. The Balaban J connectivity index is 1.77. The van der Waals surface area contributed by atoms with Crippen molar-refractivity contribution >= 4 is 11.8 Å². The zero-order chi connectivity index (χ0) is 12.8. The largest absolute Gasteiger partial charge is 0.390 e. The Hall–Kier alpha value is -1.26. The molecule has 0 amide bonds. The number of rotatable bonds is 6. The Morgan fingerprint density at radius 3 is 2.72 bits per heavy atom. The van der Waals surface area contributed by atoms with Crippen molar-refractivity contribution in [3.05, 3.63) is 47.8 Å². The van der Waals surface area contributed by atoms with Gasteiger partial charge in [-0.05, 0) is 18.4 Å². The lowest BCUT2D eigenvalue weighted by atomic mass is 10.1. The molecule has 1 aromatic carbocycles. The minimum absolute atomic E-state index is 0.0497. The molecule has 1 aromatic heterocycles. The van der Waals surface area contributed by atoms with Gasteiger partial charge < -0.3 is 9.67 Å². The van der Waals surface area contributed by atoms with E-state index < -0.39 is 0 Å². The Kier molecular flexibility index (Phi) is 4.84. The molecule has 0 spiro atoms. The number of hydrogen-bond acceptors (Lipinski definition) is 3. The molecule has 96 valence electrons. The number of imidazole rings is 1. The van der Waals surface area contributed by atoms with E-state index in [1.165, 1.54) is 5.56 Å². The predicted octanol–water partition coefficient (Wildman–Crippen LogP) is 2.64. The van der Waals surface area contributed by atoms with Crippen LogP contribution in [0.4, 0.5) is 0 Å². The van der Waals surface area contributed by atoms with Gasteiger partial charge in [0.15, 0.2) is 5.16 Å². The number of aliphatic hydroxyl groups is 1. The van der Waals surface area contributed by atoms with Crippen LogP contribution in [0.25, 0.3) is 0 Å². The second kappa shape index (κ2) is 6.61. The van der Waals surface area contributed by atoms with Gasteiger partial charge in [0.2, 0.25) is 0 Å². The fourth-order valence-corrected chi connectivity index (χ4v) is 2.70. The molecule has 0 aliphatic carbocycles. The van der Waals surface area contributed by atoms with E-state index >= 15 is 0 Å². The van der Waals surface area contributed by atoms with Crippen LogP contribution in [-0.2, 0) is 20.1 Å². The lowest BCUT2D eigenvalue weighted by Gasteiger charge is -2.04. The number of nitrogens with zero attached hydrogens (tertiary/aromatic N) is 2. The third kappa shape index (κ3) is 3.37. The fraction of sp³-hybridized carbons (Fsp3) is 0.357. The zero-order valence-corrected chi connectivity index (χ0v) is 11.4. The summed E-state index contributed by atoms with van der Waals surface area (Å²) in [5.41, 5.74) is 2.24. The normalized spacial score (nSPS) is 10.8. The van der Waals surface area contributed by atoms with Crippen molar-refractivity contribution in [3.63, 3.8) is 0 Å². The van der Waals surface area contributed by atoms with Gasteiger partial charge in [-0.15, -0.1) is 0 Å². The van der Waals surface area contributed by atoms with E-state index in [0.29, 0.717) is 0 Å². The second-order valence-electron chi connectivity index (χ2n) is 4.19. The predicted molar refractivity (Wildman–Crippen MR) is 74.6 cm³/mol. The smallest absolute Gasteiger partial charge is 0.167 e. The van der Waals surface area contributed by atoms with Gasteiger partial charge in [-0.2, -0.15) is 0 Å². The van der Waals surface area contributed by atoms with Gasteiger partial charge in [-0.1, -0.05) is 42.1 Å². The molecule has 3 nitrogen and oxygen atoms in total. The van der Waals surface area contributed by atoms with Gasteiger partial charge in [-0.3, -0.25) is 0 Å². The topological polar surface area (TPSA) is 38.0 Å². The molecule has 0 unspecified atom stereocenters. The second-order valence-corrected chi connectivity index (χ2v) is 5.25. The van der Waals surface area contributed by atoms with Crippen LogP contribution in [0.2, 0.25) is 0 Å². The molecule has 0 radical (unpaired) electrons. The summed E-state index contributed by atoms with van der Waals surface area (Å²) < 4.78 is 1.95. The highest BCUT2D eigenvalue weighted by Gasteiger charge is 2.05. The molecule has 0 aliphatic heterocycles. The molecule has 4 heteroatoms. The van der Waals surface area contributed by atoms with Gasteiger partial charge in [0.05, 0.1) is 18.5 Å². The van der Waals surface area contributed by atoms with E-state index in [-0.39, 0.29) is 6.61 Å². The maximum absolute atomic E-state index is 9.08. The van der Waals surface area contributed by atoms with E-state index in [1.807, 2.05) is 17.7 Å². The number of aryl methyl sites for hydroxylation is 1. The molecule has 0 bridgehead atoms. The first-order chi connectivity index (χ1) is 8.81. The number of thioether (sulfide) groups is 1. The Bertz CT molecular complexity index is 482. The highest BCUT2D eigenvalue weighted by molar-refractivity contribution is 7.99. The first-order valence-electron chi connectivity index (χ1n) is 6.09. The summed E-state index contributed by atoms with van der Waals surface area (Å²) in [6.07, 6.45) is 3.97. The first kappa shape index (κ1) is 13.2. The number of aliphatic hydroxyl groups excluding tert-OH is 1. The lowest BCUT2D eigenvalue weighted by Crippen LogP contribution is -1.98. The Morgan fingerprint density at radius 2 is 2.06 bits per heavy atom. The molecule has 2 aromatic rings. The molecule has 0 saturated carbocycles. The van der Waals surface area contributed by atoms with Crippen LogP contribution in [0.15, 0.2) is 41.7 Å². The minimum atomic E-state index is 0.0497. The summed E-state index contributed by atoms with van der Waals surface area (Å²) >= 11 is 1.74. The maximum atomic E-state index is 9.08. The average molecular weight is 262 g/mol. The van der Waals surface area contributed by atoms with Gasteiger partial charge in [-0.25, -0.2) is 4.98 Å². The summed E-state index contributed by atoms with van der Waals surface area (Å²) in [5, 5.41) is 10.1. The van der Waals surface area contributed by atoms with Gasteiger partial charge in [0.25, 0.3) is 0 Å². The van der Waals surface area contributed by atoms with Crippen molar-refractivity contribution in [3.8, 4) is 0 Å². The number of benzene rings is 1. The molecular formula is C14H18N2OS. The molecule has 0 aliphatic rings. The molecule has 0 fully saturated rings. The SMILES string of the molecule is Cn1c(CO)cnc1SCCCc1ccccc1. The fourth-order valence-electron chi connectivity index (χ4n) is 1.79. The van der Waals surface area contributed by atoms with Crippen molar-refractivity contribution in [2.24, 2.45) is 7.05 Å². The van der Waals surface area contributed by atoms with Crippen molar-refractivity contribution in [1.82, 2.24) is 9.55 Å². The van der Waals surface area contributed by atoms with Gasteiger partial charge >= 0.3 is 0 Å². The zero-order valence-electron chi connectivity index (χ0n) is 10.5. The van der Waals surface area contributed by atoms with Crippen molar-refractivity contribution in [1.29, 1.82) is 0 Å². The van der Waals surface area contributed by atoms with E-state index in [4.69, 9.17) is 5.11 Å². The number of hydrogen-bond donors (Lipinski definition) is 1. The molecular weight excluding hydrogens is 244 g/mol. The maximum Gasteiger partial charge on any atom is 0.167 e. The van der Waals surface area contributed by atoms with Crippen LogP contribution in [0.1, 0.15) is 17.7 Å². The quantitative estimate of drug-likeness (QED) is 0.642. The Labute approximate surface area is 112 Å². The standard InChI is InChI=1S/C14H18N2OS/c1-16-13(11-17)10-15-14(16)18-9-5-8-12-6-3-2-4-7-12/h2-4,6-7,10,17H,5,8-9,11H2,1H3. The Morgan fingerprint density at radius 1 is 1.28 bits per heavy atom. The van der Waals surface area contributed by atoms with Gasteiger partial charge in [0.1, 0.15) is 0 Å². The summed E-state index contributed by atoms with van der Waals surface area (Å²) in [4.78, 5) is 4.30. The monoisotopic (exact) mass is 262 g/mol. The number of aromatic nitrogens is 2. The highest BCUT2D eigenvalue weighted by Crippen LogP contribution is 2.18. The van der Waals surface area contributed by atoms with Crippen molar-refractivity contribution < 1.29 is 5.11 Å². The highest BCUT2D eigenvalue weighted by atomic mass is 32.2. The molecule has 1 N–H and O–H groups in total. The average Bonchev–Trinajstić information content (AvgIpc) is 2.77. The van der Waals surface area contributed by atoms with Crippen LogP contribution < -0.4 is 0 Å². The molecule has 0 atom stereocenters. The minimum Gasteiger partial charge on any atom is -0.390 e. The van der Waals surface area contributed by atoms with Crippen LogP contribution >= 0.6 is 11.8 Å². The summed E-state index contributed by atoms with van der Waals surface area (Å²) in [6, 6.07) is 10.5. The molecule has 0 saturated heterocycles. The third-order valence-corrected chi connectivity index (χ3v) is 4.02. The van der Waals surface area contributed by atoms with E-state index in [0.717, 1.165) is 29.4 Å². The van der Waals surface area contributed by atoms with Crippen LogP contribution in [0.3, 0.4) is 0 Å². The van der Waals surface area contributed by atoms with Crippen molar-refractivity contribution in [2.45, 2.75) is 24.6 Å². The van der Waals surface area contributed by atoms with E-state index in [9.17, 15) is 0 Å².